The molecule has 1 aromatic carbocycles. The van der Waals surface area contributed by atoms with Crippen LogP contribution >= 0.6 is 0 Å². The summed E-state index contributed by atoms with van der Waals surface area (Å²) in [6.07, 6.45) is 4.16. The summed E-state index contributed by atoms with van der Waals surface area (Å²) in [5, 5.41) is 0. The van der Waals surface area contributed by atoms with Crippen LogP contribution in [0, 0.1) is 5.41 Å². The summed E-state index contributed by atoms with van der Waals surface area (Å²) in [5.74, 6) is 0. The molecular formula is C16H23NO. The lowest BCUT2D eigenvalue weighted by atomic mass is 9.83. The third-order valence-electron chi connectivity index (χ3n) is 4.41. The number of aldehydes is 1. The van der Waals surface area contributed by atoms with Gasteiger partial charge in [-0.2, -0.15) is 0 Å². The van der Waals surface area contributed by atoms with Gasteiger partial charge in [-0.15, -0.1) is 0 Å². The van der Waals surface area contributed by atoms with Crippen LogP contribution in [-0.2, 0) is 17.8 Å². The van der Waals surface area contributed by atoms with Crippen LogP contribution in [0.5, 0.6) is 0 Å². The highest BCUT2D eigenvalue weighted by atomic mass is 16.1. The third-order valence-corrected chi connectivity index (χ3v) is 4.41. The van der Waals surface area contributed by atoms with Crippen molar-refractivity contribution >= 4 is 6.29 Å². The molecule has 98 valence electrons. The fraction of sp³-hybridized carbons (Fsp3) is 0.562. The maximum Gasteiger partial charge on any atom is 0.127 e. The molecule has 0 aliphatic carbocycles. The fourth-order valence-corrected chi connectivity index (χ4v) is 2.81. The summed E-state index contributed by atoms with van der Waals surface area (Å²) in [6, 6.07) is 8.65. The molecule has 1 heterocycles. The van der Waals surface area contributed by atoms with Gasteiger partial charge in [-0.05, 0) is 30.4 Å². The zero-order valence-electron chi connectivity index (χ0n) is 11.5. The highest BCUT2D eigenvalue weighted by Gasteiger charge is 2.29. The summed E-state index contributed by atoms with van der Waals surface area (Å²) >= 11 is 0. The van der Waals surface area contributed by atoms with E-state index in [4.69, 9.17) is 0 Å². The lowest BCUT2D eigenvalue weighted by Crippen LogP contribution is -2.41. The normalized spacial score (nSPS) is 16.3. The van der Waals surface area contributed by atoms with Gasteiger partial charge in [0, 0.05) is 25.0 Å². The van der Waals surface area contributed by atoms with Crippen LogP contribution in [0.15, 0.2) is 24.3 Å². The number of carbonyl (C=O) groups is 1. The Hall–Kier alpha value is -1.15. The van der Waals surface area contributed by atoms with Gasteiger partial charge in [-0.25, -0.2) is 0 Å². The van der Waals surface area contributed by atoms with E-state index in [9.17, 15) is 4.79 Å². The molecule has 0 saturated heterocycles. The van der Waals surface area contributed by atoms with Crippen molar-refractivity contribution < 1.29 is 4.79 Å². The molecule has 1 aromatic rings. The molecule has 2 nitrogen and oxygen atoms in total. The van der Waals surface area contributed by atoms with Gasteiger partial charge < -0.3 is 4.79 Å². The molecule has 0 N–H and O–H groups in total. The Bertz CT molecular complexity index is 409. The number of fused-ring (bicyclic) bond motifs is 1. The molecule has 0 atom stereocenters. The molecule has 2 rings (SSSR count). The van der Waals surface area contributed by atoms with Crippen LogP contribution < -0.4 is 0 Å². The zero-order chi connectivity index (χ0) is 13.0. The first-order valence-electron chi connectivity index (χ1n) is 6.98. The summed E-state index contributed by atoms with van der Waals surface area (Å²) in [7, 11) is 0. The molecule has 0 saturated carbocycles. The molecule has 0 bridgehead atoms. The van der Waals surface area contributed by atoms with Gasteiger partial charge in [-0.3, -0.25) is 4.90 Å². The number of benzene rings is 1. The van der Waals surface area contributed by atoms with E-state index in [0.29, 0.717) is 0 Å². The first kappa shape index (κ1) is 13.3. The van der Waals surface area contributed by atoms with Crippen molar-refractivity contribution in [3.05, 3.63) is 35.4 Å². The number of nitrogens with zero attached hydrogens (tertiary/aromatic N) is 1. The van der Waals surface area contributed by atoms with E-state index in [1.165, 1.54) is 17.4 Å². The Morgan fingerprint density at radius 3 is 2.50 bits per heavy atom. The molecule has 0 fully saturated rings. The zero-order valence-corrected chi connectivity index (χ0v) is 11.5. The van der Waals surface area contributed by atoms with Crippen molar-refractivity contribution in [2.45, 2.75) is 39.7 Å². The number of hydrogen-bond donors (Lipinski definition) is 0. The molecule has 0 amide bonds. The van der Waals surface area contributed by atoms with Gasteiger partial charge in [0.15, 0.2) is 0 Å². The Kier molecular flexibility index (Phi) is 4.18. The minimum Gasteiger partial charge on any atom is -0.303 e. The van der Waals surface area contributed by atoms with E-state index in [0.717, 1.165) is 38.9 Å². The minimum absolute atomic E-state index is 0.147. The first-order valence-corrected chi connectivity index (χ1v) is 6.98. The van der Waals surface area contributed by atoms with Crippen LogP contribution in [0.2, 0.25) is 0 Å². The van der Waals surface area contributed by atoms with Crippen LogP contribution in [0.25, 0.3) is 0 Å². The van der Waals surface area contributed by atoms with E-state index >= 15 is 0 Å². The van der Waals surface area contributed by atoms with Gasteiger partial charge in [0.2, 0.25) is 0 Å². The molecule has 0 aromatic heterocycles. The van der Waals surface area contributed by atoms with Crippen LogP contribution in [-0.4, -0.2) is 24.3 Å². The second-order valence-corrected chi connectivity index (χ2v) is 5.42. The molecular weight excluding hydrogens is 222 g/mol. The molecule has 1 aliphatic rings. The number of carbonyl (C=O) groups excluding carboxylic acids is 1. The quantitative estimate of drug-likeness (QED) is 0.743. The van der Waals surface area contributed by atoms with Gasteiger partial charge in [0.1, 0.15) is 6.29 Å². The Morgan fingerprint density at radius 2 is 1.89 bits per heavy atom. The van der Waals surface area contributed by atoms with Crippen molar-refractivity contribution in [3.63, 3.8) is 0 Å². The average Bonchev–Trinajstić information content (AvgIpc) is 2.45. The summed E-state index contributed by atoms with van der Waals surface area (Å²) in [6.45, 7) is 7.21. The minimum atomic E-state index is -0.147. The maximum absolute atomic E-state index is 11.4. The summed E-state index contributed by atoms with van der Waals surface area (Å²) in [4.78, 5) is 13.8. The van der Waals surface area contributed by atoms with Crippen LogP contribution in [0.4, 0.5) is 0 Å². The average molecular weight is 245 g/mol. The SMILES string of the molecule is CCC(C=O)(CC)CN1CCc2ccccc2C1. The maximum atomic E-state index is 11.4. The predicted octanol–water partition coefficient (Wildman–Crippen LogP) is 3.05. The van der Waals surface area contributed by atoms with Gasteiger partial charge >= 0.3 is 0 Å². The monoisotopic (exact) mass is 245 g/mol. The smallest absolute Gasteiger partial charge is 0.127 e. The van der Waals surface area contributed by atoms with Crippen LogP contribution in [0.1, 0.15) is 37.8 Å². The molecule has 18 heavy (non-hydrogen) atoms. The van der Waals surface area contributed by atoms with Crippen molar-refractivity contribution in [2.24, 2.45) is 5.41 Å². The summed E-state index contributed by atoms with van der Waals surface area (Å²) < 4.78 is 0. The third kappa shape index (κ3) is 2.64. The largest absolute Gasteiger partial charge is 0.303 e. The van der Waals surface area contributed by atoms with Crippen LogP contribution in [0.3, 0.4) is 0 Å². The molecule has 0 spiro atoms. The van der Waals surface area contributed by atoms with E-state index in [1.807, 2.05) is 0 Å². The lowest BCUT2D eigenvalue weighted by Gasteiger charge is -2.35. The Balaban J connectivity index is 2.07. The topological polar surface area (TPSA) is 20.3 Å². The number of rotatable bonds is 5. The Labute approximate surface area is 110 Å². The predicted molar refractivity (Wildman–Crippen MR) is 74.5 cm³/mol. The van der Waals surface area contributed by atoms with E-state index < -0.39 is 0 Å². The molecule has 2 heteroatoms. The molecule has 0 radical (unpaired) electrons. The first-order chi connectivity index (χ1) is 8.73. The van der Waals surface area contributed by atoms with Gasteiger partial charge in [-0.1, -0.05) is 38.1 Å². The highest BCUT2D eigenvalue weighted by Crippen LogP contribution is 2.28. The van der Waals surface area contributed by atoms with Crippen molar-refractivity contribution in [1.29, 1.82) is 0 Å². The van der Waals surface area contributed by atoms with Crippen molar-refractivity contribution in [2.75, 3.05) is 13.1 Å². The van der Waals surface area contributed by atoms with E-state index in [-0.39, 0.29) is 5.41 Å². The fourth-order valence-electron chi connectivity index (χ4n) is 2.81. The lowest BCUT2D eigenvalue weighted by molar-refractivity contribution is -0.117. The van der Waals surface area contributed by atoms with Gasteiger partial charge in [0.05, 0.1) is 0 Å². The van der Waals surface area contributed by atoms with E-state index in [2.05, 4.69) is 43.0 Å². The second kappa shape index (κ2) is 5.66. The molecule has 0 unspecified atom stereocenters. The second-order valence-electron chi connectivity index (χ2n) is 5.42. The van der Waals surface area contributed by atoms with Crippen molar-refractivity contribution in [1.82, 2.24) is 4.90 Å². The highest BCUT2D eigenvalue weighted by molar-refractivity contribution is 5.59. The van der Waals surface area contributed by atoms with E-state index in [1.54, 1.807) is 0 Å². The molecule has 1 aliphatic heterocycles. The van der Waals surface area contributed by atoms with Crippen molar-refractivity contribution in [3.8, 4) is 0 Å². The van der Waals surface area contributed by atoms with Gasteiger partial charge in [0.25, 0.3) is 0 Å². The Morgan fingerprint density at radius 1 is 1.22 bits per heavy atom. The number of hydrogen-bond acceptors (Lipinski definition) is 2. The standard InChI is InChI=1S/C16H23NO/c1-3-16(4-2,13-18)12-17-10-9-14-7-5-6-8-15(14)11-17/h5-8,13H,3-4,9-12H2,1-2H3. The summed E-state index contributed by atoms with van der Waals surface area (Å²) in [5.41, 5.74) is 2.75.